The maximum atomic E-state index is 13.9. The monoisotopic (exact) mass is 656 g/mol. The number of morpholine rings is 1. The van der Waals surface area contributed by atoms with Crippen LogP contribution in [0.1, 0.15) is 70.3 Å². The number of para-hydroxylation sites is 1. The van der Waals surface area contributed by atoms with E-state index >= 15 is 0 Å². The number of carbonyl (C=O) groups excluding carboxylic acids is 4. The smallest absolute Gasteiger partial charge is 0.273 e. The van der Waals surface area contributed by atoms with Gasteiger partial charge in [-0.3, -0.25) is 19.2 Å². The van der Waals surface area contributed by atoms with Gasteiger partial charge in [-0.05, 0) is 56.9 Å². The van der Waals surface area contributed by atoms with Crippen molar-refractivity contribution in [1.29, 1.82) is 0 Å². The highest BCUT2D eigenvalue weighted by atomic mass is 16.5. The van der Waals surface area contributed by atoms with E-state index in [9.17, 15) is 19.2 Å². The zero-order valence-electron chi connectivity index (χ0n) is 27.0. The first-order valence-electron chi connectivity index (χ1n) is 16.3. The lowest BCUT2D eigenvalue weighted by molar-refractivity contribution is -0.130. The summed E-state index contributed by atoms with van der Waals surface area (Å²) in [6, 6.07) is 8.51. The fraction of sp³-hybridized carbons (Fsp3) is 0.412. The second-order valence-electron chi connectivity index (χ2n) is 12.1. The number of aromatic nitrogens is 3. The van der Waals surface area contributed by atoms with E-state index in [0.29, 0.717) is 57.0 Å². The van der Waals surface area contributed by atoms with Gasteiger partial charge in [-0.2, -0.15) is 0 Å². The third kappa shape index (κ3) is 7.49. The van der Waals surface area contributed by atoms with Crippen LogP contribution < -0.4 is 26.2 Å². The largest absolute Gasteiger partial charge is 0.443 e. The summed E-state index contributed by atoms with van der Waals surface area (Å²) < 4.78 is 11.2. The van der Waals surface area contributed by atoms with Crippen molar-refractivity contribution in [2.24, 2.45) is 0 Å². The third-order valence-electron chi connectivity index (χ3n) is 8.66. The molecule has 2 aliphatic rings. The number of hydrogen-bond acceptors (Lipinski definition) is 9. The summed E-state index contributed by atoms with van der Waals surface area (Å²) in [5.74, 6) is -0.557. The van der Waals surface area contributed by atoms with Crippen LogP contribution in [0.2, 0.25) is 0 Å². The molecule has 6 rings (SSSR count). The number of rotatable bonds is 5. The summed E-state index contributed by atoms with van der Waals surface area (Å²) in [7, 11) is 0. The molecule has 0 aliphatic carbocycles. The summed E-state index contributed by atoms with van der Waals surface area (Å²) in [6.45, 7) is 6.33. The van der Waals surface area contributed by atoms with Crippen molar-refractivity contribution >= 4 is 40.3 Å². The number of hydrogen-bond donors (Lipinski definition) is 5. The number of H-pyrrole nitrogens is 1. The minimum absolute atomic E-state index is 0.153. The Labute approximate surface area is 277 Å². The molecule has 4 aromatic rings. The van der Waals surface area contributed by atoms with Gasteiger partial charge in [0, 0.05) is 49.4 Å². The molecule has 1 aromatic carbocycles. The normalized spacial score (nSPS) is 21.3. The van der Waals surface area contributed by atoms with Gasteiger partial charge >= 0.3 is 0 Å². The van der Waals surface area contributed by atoms with Crippen molar-refractivity contribution in [3.05, 3.63) is 77.3 Å². The van der Waals surface area contributed by atoms with Gasteiger partial charge in [0.15, 0.2) is 5.69 Å². The highest BCUT2D eigenvalue weighted by molar-refractivity contribution is 5.98. The zero-order chi connectivity index (χ0) is 33.6. The third-order valence-corrected chi connectivity index (χ3v) is 8.66. The lowest BCUT2D eigenvalue weighted by Crippen LogP contribution is -2.54. The van der Waals surface area contributed by atoms with E-state index in [0.717, 1.165) is 22.3 Å². The maximum absolute atomic E-state index is 13.9. The second-order valence-corrected chi connectivity index (χ2v) is 12.1. The summed E-state index contributed by atoms with van der Waals surface area (Å²) >= 11 is 0. The maximum Gasteiger partial charge on any atom is 0.273 e. The molecule has 4 amide bonds. The number of nitrogens with one attached hydrogen (secondary N) is 5. The minimum atomic E-state index is -1.00. The van der Waals surface area contributed by atoms with Crippen LogP contribution in [0.3, 0.4) is 0 Å². The molecule has 0 saturated carbocycles. The number of aryl methyl sites for hydroxylation is 1. The van der Waals surface area contributed by atoms with Gasteiger partial charge in [-0.1, -0.05) is 18.2 Å². The number of carbonyl (C=O) groups is 4. The summed E-state index contributed by atoms with van der Waals surface area (Å²) in [6.07, 6.45) is 4.82. The average Bonchev–Trinajstić information content (AvgIpc) is 3.70. The van der Waals surface area contributed by atoms with Crippen LogP contribution >= 0.6 is 0 Å². The van der Waals surface area contributed by atoms with E-state index in [1.54, 1.807) is 26.0 Å². The molecule has 252 valence electrons. The van der Waals surface area contributed by atoms with Crippen molar-refractivity contribution in [1.82, 2.24) is 36.2 Å². The average molecular weight is 657 g/mol. The lowest BCUT2D eigenvalue weighted by Gasteiger charge is -2.27. The predicted octanol–water partition coefficient (Wildman–Crippen LogP) is 2.31. The number of ether oxygens (including phenoxy) is 1. The predicted molar refractivity (Wildman–Crippen MR) is 176 cm³/mol. The molecule has 1 saturated heterocycles. The molecule has 0 radical (unpaired) electrons. The van der Waals surface area contributed by atoms with Crippen LogP contribution in [0, 0.1) is 6.92 Å². The van der Waals surface area contributed by atoms with Crippen LogP contribution in [0.15, 0.2) is 53.2 Å². The van der Waals surface area contributed by atoms with E-state index in [1.807, 2.05) is 30.5 Å². The number of benzene rings is 1. The molecule has 48 heavy (non-hydrogen) atoms. The molecular weight excluding hydrogens is 616 g/mol. The first-order chi connectivity index (χ1) is 23.3. The summed E-state index contributed by atoms with van der Waals surface area (Å²) in [4.78, 5) is 68.1. The Morgan fingerprint density at radius 1 is 1.04 bits per heavy atom. The standard InChI is InChI=1S/C34H40N8O6/c1-20-34-41-29(21(2)48-34)33(46)35-12-6-5-9-26(39-30(43)22-10-11-28(37-18-22)42-13-15-47-16-14-42)31(44)40-27(32(45)38-20)17-23-19-36-25-8-4-3-7-24(23)25/h3-4,7-8,10-11,18-20,26-27,36H,5-6,9,12-17H2,1-2H3,(H,35,46)(H,38,45)(H,39,43)(H,40,44)/t20-,26+,27-/m1/s1. The lowest BCUT2D eigenvalue weighted by atomic mass is 10.0. The number of oxazole rings is 1. The fourth-order valence-electron chi connectivity index (χ4n) is 5.96. The molecule has 5 heterocycles. The van der Waals surface area contributed by atoms with E-state index in [2.05, 4.69) is 41.1 Å². The fourth-order valence-corrected chi connectivity index (χ4v) is 5.96. The topological polar surface area (TPSA) is 184 Å². The number of fused-ring (bicyclic) bond motifs is 3. The summed E-state index contributed by atoms with van der Waals surface area (Å²) in [5, 5.41) is 12.4. The molecule has 2 aliphatic heterocycles. The van der Waals surface area contributed by atoms with Gasteiger partial charge in [-0.15, -0.1) is 0 Å². The van der Waals surface area contributed by atoms with E-state index in [4.69, 9.17) is 9.15 Å². The highest BCUT2D eigenvalue weighted by Crippen LogP contribution is 2.21. The summed E-state index contributed by atoms with van der Waals surface area (Å²) in [5.41, 5.74) is 2.20. The molecule has 3 atom stereocenters. The Morgan fingerprint density at radius 2 is 1.85 bits per heavy atom. The SMILES string of the molecule is Cc1oc2nc1C(=O)NCCCC[C@H](NC(=O)c1ccc(N3CCOCC3)nc1)C(=O)N[C@H](Cc1c[nH]c3ccccc13)C(=O)N[C@@H]2C. The Morgan fingerprint density at radius 3 is 2.65 bits per heavy atom. The Bertz CT molecular complexity index is 1780. The van der Waals surface area contributed by atoms with Gasteiger partial charge < -0.3 is 40.3 Å². The molecule has 0 spiro atoms. The van der Waals surface area contributed by atoms with Gasteiger partial charge in [-0.25, -0.2) is 9.97 Å². The van der Waals surface area contributed by atoms with Crippen LogP contribution in [0.4, 0.5) is 5.82 Å². The Hall–Kier alpha value is -5.24. The van der Waals surface area contributed by atoms with E-state index in [-0.39, 0.29) is 30.3 Å². The first-order valence-corrected chi connectivity index (χ1v) is 16.3. The molecule has 3 aromatic heterocycles. The number of aromatic amines is 1. The van der Waals surface area contributed by atoms with Crippen LogP contribution in [-0.4, -0.2) is 83.5 Å². The molecule has 2 bridgehead atoms. The number of amides is 4. The van der Waals surface area contributed by atoms with Gasteiger partial charge in [0.05, 0.1) is 18.8 Å². The van der Waals surface area contributed by atoms with Crippen LogP contribution in [0.25, 0.3) is 10.9 Å². The number of nitrogens with zero attached hydrogens (tertiary/aromatic N) is 3. The van der Waals surface area contributed by atoms with Crippen molar-refractivity contribution in [3.8, 4) is 0 Å². The minimum Gasteiger partial charge on any atom is -0.443 e. The van der Waals surface area contributed by atoms with Gasteiger partial charge in [0.2, 0.25) is 17.7 Å². The van der Waals surface area contributed by atoms with Crippen molar-refractivity contribution < 1.29 is 28.3 Å². The van der Waals surface area contributed by atoms with E-state index in [1.165, 1.54) is 6.20 Å². The molecule has 14 heteroatoms. The van der Waals surface area contributed by atoms with Gasteiger partial charge in [0.1, 0.15) is 29.7 Å². The molecule has 0 unspecified atom stereocenters. The van der Waals surface area contributed by atoms with Crippen molar-refractivity contribution in [3.63, 3.8) is 0 Å². The molecule has 5 N–H and O–H groups in total. The Balaban J connectivity index is 1.24. The van der Waals surface area contributed by atoms with Crippen LogP contribution in [-0.2, 0) is 20.7 Å². The Kier molecular flexibility index (Phi) is 9.99. The number of pyridine rings is 1. The van der Waals surface area contributed by atoms with Gasteiger partial charge in [0.25, 0.3) is 11.8 Å². The molecule has 1 fully saturated rings. The first kappa shape index (κ1) is 32.7. The van der Waals surface area contributed by atoms with Crippen molar-refractivity contribution in [2.45, 2.75) is 57.7 Å². The highest BCUT2D eigenvalue weighted by Gasteiger charge is 2.30. The van der Waals surface area contributed by atoms with E-state index < -0.39 is 35.8 Å². The molecule has 14 nitrogen and oxygen atoms in total. The quantitative estimate of drug-likeness (QED) is 0.215. The zero-order valence-corrected chi connectivity index (χ0v) is 27.0. The van der Waals surface area contributed by atoms with Crippen molar-refractivity contribution in [2.75, 3.05) is 37.7 Å². The second kappa shape index (κ2) is 14.7. The molecular formula is C34H40N8O6. The van der Waals surface area contributed by atoms with Crippen LogP contribution in [0.5, 0.6) is 0 Å². The number of anilines is 1.